The second-order valence-electron chi connectivity index (χ2n) is 9.82. The lowest BCUT2D eigenvalue weighted by molar-refractivity contribution is 0.0899. The van der Waals surface area contributed by atoms with Gasteiger partial charge in [0, 0.05) is 31.2 Å². The molecule has 0 radical (unpaired) electrons. The molecule has 0 bridgehead atoms. The van der Waals surface area contributed by atoms with Gasteiger partial charge in [-0.1, -0.05) is 30.3 Å². The molecule has 36 heavy (non-hydrogen) atoms. The van der Waals surface area contributed by atoms with Crippen LogP contribution in [0.3, 0.4) is 0 Å². The number of rotatable bonds is 7. The van der Waals surface area contributed by atoms with Crippen LogP contribution in [0.5, 0.6) is 0 Å². The van der Waals surface area contributed by atoms with E-state index in [0.29, 0.717) is 28.9 Å². The van der Waals surface area contributed by atoms with E-state index in [0.717, 1.165) is 56.8 Å². The molecule has 1 atom stereocenters. The smallest absolute Gasteiger partial charge is 0.255 e. The molecule has 4 heterocycles. The van der Waals surface area contributed by atoms with Crippen molar-refractivity contribution >= 4 is 5.91 Å². The van der Waals surface area contributed by atoms with Crippen LogP contribution >= 0.6 is 0 Å². The largest absolute Gasteiger partial charge is 0.460 e. The van der Waals surface area contributed by atoms with E-state index in [9.17, 15) is 4.79 Å². The Kier molecular flexibility index (Phi) is 6.11. The number of piperidine rings is 1. The highest BCUT2D eigenvalue weighted by molar-refractivity contribution is 5.95. The summed E-state index contributed by atoms with van der Waals surface area (Å²) in [5.41, 5.74) is 3.52. The highest BCUT2D eigenvalue weighted by Crippen LogP contribution is 2.42. The topological polar surface area (TPSA) is 89.1 Å². The normalized spacial score (nSPS) is 18.3. The van der Waals surface area contributed by atoms with Crippen molar-refractivity contribution in [2.24, 2.45) is 0 Å². The molecular weight excluding hydrogens is 452 g/mol. The number of furan rings is 1. The van der Waals surface area contributed by atoms with Gasteiger partial charge >= 0.3 is 0 Å². The van der Waals surface area contributed by atoms with Crippen molar-refractivity contribution < 1.29 is 9.21 Å². The number of nitrogens with zero attached hydrogens (tertiary/aromatic N) is 5. The summed E-state index contributed by atoms with van der Waals surface area (Å²) in [6.45, 7) is 4.71. The lowest BCUT2D eigenvalue weighted by Gasteiger charge is -2.33. The Balaban J connectivity index is 1.20. The van der Waals surface area contributed by atoms with Gasteiger partial charge in [-0.15, -0.1) is 0 Å². The zero-order valence-electron chi connectivity index (χ0n) is 20.4. The van der Waals surface area contributed by atoms with Crippen molar-refractivity contribution in [1.29, 1.82) is 0 Å². The molecular formula is C28H30N6O2. The SMILES string of the molecule is Cc1ccc(-c2ccnc(-n3ncc(C(=O)N[C@@H]4CCCN(Cc5ccccc5)C4)c3C3CC3)n2)o1. The summed E-state index contributed by atoms with van der Waals surface area (Å²) in [5, 5.41) is 7.85. The first kappa shape index (κ1) is 22.7. The minimum atomic E-state index is -0.0625. The van der Waals surface area contributed by atoms with Crippen molar-refractivity contribution in [3.8, 4) is 17.4 Å². The van der Waals surface area contributed by atoms with Crippen molar-refractivity contribution in [2.75, 3.05) is 13.1 Å². The quantitative estimate of drug-likeness (QED) is 0.417. The highest BCUT2D eigenvalue weighted by atomic mass is 16.3. The van der Waals surface area contributed by atoms with Crippen LogP contribution in [0.1, 0.15) is 59.0 Å². The molecule has 184 valence electrons. The van der Waals surface area contributed by atoms with E-state index < -0.39 is 0 Å². The second-order valence-corrected chi connectivity index (χ2v) is 9.82. The molecule has 0 unspecified atom stereocenters. The van der Waals surface area contributed by atoms with Crippen LogP contribution in [0.15, 0.2) is 65.3 Å². The average Bonchev–Trinajstić information content (AvgIpc) is 3.48. The fourth-order valence-electron chi connectivity index (χ4n) is 5.02. The van der Waals surface area contributed by atoms with E-state index in [2.05, 4.69) is 44.6 Å². The Labute approximate surface area is 210 Å². The van der Waals surface area contributed by atoms with Gasteiger partial charge in [-0.3, -0.25) is 9.69 Å². The molecule has 1 aliphatic heterocycles. The van der Waals surface area contributed by atoms with Gasteiger partial charge in [-0.05, 0) is 62.9 Å². The first-order valence-corrected chi connectivity index (χ1v) is 12.7. The van der Waals surface area contributed by atoms with Crippen LogP contribution in [-0.4, -0.2) is 49.7 Å². The molecule has 4 aromatic rings. The first-order chi connectivity index (χ1) is 17.6. The fourth-order valence-corrected chi connectivity index (χ4v) is 5.02. The Hall–Kier alpha value is -3.78. The van der Waals surface area contributed by atoms with Crippen molar-refractivity contribution in [3.05, 3.63) is 83.5 Å². The first-order valence-electron chi connectivity index (χ1n) is 12.7. The predicted molar refractivity (Wildman–Crippen MR) is 136 cm³/mol. The molecule has 1 amide bonds. The summed E-state index contributed by atoms with van der Waals surface area (Å²) in [7, 11) is 0. The minimum absolute atomic E-state index is 0.0625. The number of hydrogen-bond donors (Lipinski definition) is 1. The number of hydrogen-bond acceptors (Lipinski definition) is 6. The van der Waals surface area contributed by atoms with Gasteiger partial charge in [0.25, 0.3) is 11.9 Å². The third-order valence-electron chi connectivity index (χ3n) is 6.93. The Morgan fingerprint density at radius 1 is 1.11 bits per heavy atom. The van der Waals surface area contributed by atoms with Crippen LogP contribution < -0.4 is 5.32 Å². The lowest BCUT2D eigenvalue weighted by atomic mass is 10.0. The number of carbonyl (C=O) groups excluding carboxylic acids is 1. The lowest BCUT2D eigenvalue weighted by Crippen LogP contribution is -2.47. The van der Waals surface area contributed by atoms with E-state index in [1.807, 2.05) is 31.2 Å². The van der Waals surface area contributed by atoms with E-state index in [1.54, 1.807) is 17.1 Å². The van der Waals surface area contributed by atoms with E-state index in [-0.39, 0.29) is 11.9 Å². The Morgan fingerprint density at radius 2 is 1.97 bits per heavy atom. The summed E-state index contributed by atoms with van der Waals surface area (Å²) >= 11 is 0. The van der Waals surface area contributed by atoms with Gasteiger partial charge in [0.05, 0.1) is 17.5 Å². The Morgan fingerprint density at radius 3 is 2.75 bits per heavy atom. The molecule has 6 rings (SSSR count). The maximum atomic E-state index is 13.4. The third-order valence-corrected chi connectivity index (χ3v) is 6.93. The molecule has 8 heteroatoms. The number of carbonyl (C=O) groups is 1. The van der Waals surface area contributed by atoms with Gasteiger partial charge in [0.2, 0.25) is 0 Å². The summed E-state index contributed by atoms with van der Waals surface area (Å²) in [4.78, 5) is 25.0. The summed E-state index contributed by atoms with van der Waals surface area (Å²) in [6, 6.07) is 16.2. The summed E-state index contributed by atoms with van der Waals surface area (Å²) in [6.07, 6.45) is 7.50. The molecule has 1 saturated heterocycles. The van der Waals surface area contributed by atoms with E-state index in [1.165, 1.54) is 5.56 Å². The number of likely N-dealkylation sites (tertiary alicyclic amines) is 1. The van der Waals surface area contributed by atoms with Crippen molar-refractivity contribution in [2.45, 2.75) is 51.1 Å². The maximum absolute atomic E-state index is 13.4. The number of nitrogens with one attached hydrogen (secondary N) is 1. The number of aromatic nitrogens is 4. The monoisotopic (exact) mass is 482 g/mol. The zero-order chi connectivity index (χ0) is 24.5. The fraction of sp³-hybridized carbons (Fsp3) is 0.357. The molecule has 8 nitrogen and oxygen atoms in total. The molecule has 1 saturated carbocycles. The number of amides is 1. The molecule has 1 aromatic carbocycles. The zero-order valence-corrected chi connectivity index (χ0v) is 20.4. The minimum Gasteiger partial charge on any atom is -0.460 e. The van der Waals surface area contributed by atoms with Crippen LogP contribution in [0, 0.1) is 6.92 Å². The van der Waals surface area contributed by atoms with Gasteiger partial charge in [0.15, 0.2) is 5.76 Å². The molecule has 0 spiro atoms. The molecule has 1 N–H and O–H groups in total. The average molecular weight is 483 g/mol. The van der Waals surface area contributed by atoms with Crippen molar-refractivity contribution in [3.63, 3.8) is 0 Å². The van der Waals surface area contributed by atoms with E-state index in [4.69, 9.17) is 9.40 Å². The summed E-state index contributed by atoms with van der Waals surface area (Å²) in [5.74, 6) is 2.20. The maximum Gasteiger partial charge on any atom is 0.255 e. The number of benzene rings is 1. The number of aryl methyl sites for hydroxylation is 1. The molecule has 3 aromatic heterocycles. The Bertz CT molecular complexity index is 1360. The molecule has 1 aliphatic carbocycles. The molecule has 2 aliphatic rings. The predicted octanol–water partition coefficient (Wildman–Crippen LogP) is 4.50. The van der Waals surface area contributed by atoms with Gasteiger partial charge < -0.3 is 9.73 Å². The van der Waals surface area contributed by atoms with E-state index >= 15 is 0 Å². The second kappa shape index (κ2) is 9.70. The summed E-state index contributed by atoms with van der Waals surface area (Å²) < 4.78 is 7.47. The van der Waals surface area contributed by atoms with Crippen LogP contribution in [0.2, 0.25) is 0 Å². The van der Waals surface area contributed by atoms with Gasteiger partial charge in [0.1, 0.15) is 11.5 Å². The standard InChI is InChI=1S/C28H30N6O2/c1-19-9-12-25(36-19)24-13-14-29-28(32-24)34-26(21-10-11-21)23(16-30-34)27(35)31-22-8-5-15-33(18-22)17-20-6-3-2-4-7-20/h2-4,6-7,9,12-14,16,21-22H,5,8,10-11,15,17-18H2,1H3,(H,31,35)/t22-/m1/s1. The molecule has 2 fully saturated rings. The van der Waals surface area contributed by atoms with Crippen LogP contribution in [-0.2, 0) is 6.54 Å². The highest BCUT2D eigenvalue weighted by Gasteiger charge is 2.34. The van der Waals surface area contributed by atoms with Crippen LogP contribution in [0.25, 0.3) is 17.4 Å². The van der Waals surface area contributed by atoms with Crippen LogP contribution in [0.4, 0.5) is 0 Å². The third kappa shape index (κ3) is 4.81. The van der Waals surface area contributed by atoms with Gasteiger partial charge in [-0.25, -0.2) is 14.6 Å². The van der Waals surface area contributed by atoms with Gasteiger partial charge in [-0.2, -0.15) is 5.10 Å². The van der Waals surface area contributed by atoms with Crippen molar-refractivity contribution in [1.82, 2.24) is 30.0 Å².